The Balaban J connectivity index is 1.59. The summed E-state index contributed by atoms with van der Waals surface area (Å²) in [6.07, 6.45) is 13.6. The van der Waals surface area contributed by atoms with Crippen molar-refractivity contribution in [3.63, 3.8) is 0 Å². The predicted molar refractivity (Wildman–Crippen MR) is 207 cm³/mol. The molecule has 0 aromatic heterocycles. The van der Waals surface area contributed by atoms with Crippen molar-refractivity contribution in [3.8, 4) is 0 Å². The molecule has 0 aliphatic carbocycles. The number of hydrogen-bond acceptors (Lipinski definition) is 12. The Bertz CT molecular complexity index is 2020. The fourth-order valence-corrected chi connectivity index (χ4v) is 4.91. The van der Waals surface area contributed by atoms with Gasteiger partial charge in [-0.05, 0) is 89.9 Å². The highest BCUT2D eigenvalue weighted by atomic mass is 16.6. The minimum atomic E-state index is -2.15. The Morgan fingerprint density at radius 1 is 0.630 bits per heavy atom. The number of anilines is 4. The minimum Gasteiger partial charge on any atom is -0.460 e. The van der Waals surface area contributed by atoms with E-state index in [-0.39, 0.29) is 18.6 Å². The van der Waals surface area contributed by atoms with Crippen molar-refractivity contribution in [3.05, 3.63) is 174 Å². The van der Waals surface area contributed by atoms with Crippen LogP contribution in [-0.4, -0.2) is 31.0 Å². The second-order valence-corrected chi connectivity index (χ2v) is 11.6. The van der Waals surface area contributed by atoms with E-state index in [1.54, 1.807) is 54.6 Å². The van der Waals surface area contributed by atoms with Crippen LogP contribution in [0, 0.1) is 0 Å². The second kappa shape index (κ2) is 19.9. The largest absolute Gasteiger partial charge is 0.460 e. The lowest BCUT2D eigenvalue weighted by Gasteiger charge is -2.26. The van der Waals surface area contributed by atoms with E-state index >= 15 is 0 Å². The molecule has 0 radical (unpaired) electrons. The molecule has 0 aliphatic rings. The van der Waals surface area contributed by atoms with Gasteiger partial charge in [0.15, 0.2) is 0 Å². The average molecular weight is 729 g/mol. The summed E-state index contributed by atoms with van der Waals surface area (Å²) >= 11 is 0. The lowest BCUT2D eigenvalue weighted by molar-refractivity contribution is -0.158. The monoisotopic (exact) mass is 728 g/mol. The van der Waals surface area contributed by atoms with E-state index in [0.29, 0.717) is 34.7 Å². The topological polar surface area (TPSA) is 209 Å². The van der Waals surface area contributed by atoms with Gasteiger partial charge in [-0.15, -0.1) is 0 Å². The fraction of sp³-hybridized carbons (Fsp3) is 0.0952. The van der Waals surface area contributed by atoms with Gasteiger partial charge in [-0.2, -0.15) is 0 Å². The van der Waals surface area contributed by atoms with Gasteiger partial charge in [-0.25, -0.2) is 9.59 Å². The van der Waals surface area contributed by atoms with Gasteiger partial charge in [0.1, 0.15) is 6.61 Å². The maximum atomic E-state index is 14.0. The molecule has 4 aromatic carbocycles. The summed E-state index contributed by atoms with van der Waals surface area (Å²) in [5.74, 6) is -2.87. The molecule has 12 heteroatoms. The summed E-state index contributed by atoms with van der Waals surface area (Å²) in [6.45, 7) is -0.0688. The Morgan fingerprint density at radius 2 is 1.19 bits per heavy atom. The highest BCUT2D eigenvalue weighted by Gasteiger charge is 2.48. The van der Waals surface area contributed by atoms with Crippen molar-refractivity contribution in [2.45, 2.75) is 17.9 Å². The first-order valence-electron chi connectivity index (χ1n) is 16.5. The minimum absolute atomic E-state index is 0.124. The van der Waals surface area contributed by atoms with E-state index in [1.165, 1.54) is 72.8 Å². The number of carbonyl (C=O) groups excluding carboxylic acids is 4. The molecule has 0 aliphatic heterocycles. The first kappa shape index (κ1) is 39.4. The first-order valence-corrected chi connectivity index (χ1v) is 16.5. The Morgan fingerprint density at radius 3 is 1.81 bits per heavy atom. The molecule has 0 saturated carbocycles. The van der Waals surface area contributed by atoms with Crippen LogP contribution in [0.1, 0.15) is 28.4 Å². The van der Waals surface area contributed by atoms with Crippen molar-refractivity contribution in [1.29, 1.82) is 0 Å². The molecule has 0 heterocycles. The smallest absolute Gasteiger partial charge is 0.357 e. The standard InChI is InChI=1S/C42H40N4O8/c43-34-17-9-30(10-18-34)7-2-1-4-27-52-40(49)42(33-15-23-37(46)24-16-33,41(50)53-28-6-8-31-11-19-35(44)20-12-31)25-3-5-26-51-39(48)38(54-29-47)32-13-21-36(45)22-14-32/h1-6,8-27,29,38H,7,28,43-46H2. The van der Waals surface area contributed by atoms with E-state index in [4.69, 9.17) is 41.9 Å². The van der Waals surface area contributed by atoms with Gasteiger partial charge in [0, 0.05) is 28.3 Å². The summed E-state index contributed by atoms with van der Waals surface area (Å²) in [4.78, 5) is 51.9. The number of ether oxygens (including phenoxy) is 4. The molecule has 0 spiro atoms. The van der Waals surface area contributed by atoms with Crippen LogP contribution in [-0.2, 0) is 50.0 Å². The molecular weight excluding hydrogens is 688 g/mol. The Hall–Kier alpha value is -7.34. The summed E-state index contributed by atoms with van der Waals surface area (Å²) in [5, 5.41) is 0. The van der Waals surface area contributed by atoms with Gasteiger partial charge in [0.05, 0.1) is 12.5 Å². The highest BCUT2D eigenvalue weighted by molar-refractivity contribution is 6.09. The van der Waals surface area contributed by atoms with Gasteiger partial charge in [-0.3, -0.25) is 9.59 Å². The third kappa shape index (κ3) is 11.3. The molecule has 12 nitrogen and oxygen atoms in total. The molecule has 276 valence electrons. The number of allylic oxidation sites excluding steroid dienone is 5. The molecule has 4 aromatic rings. The third-order valence-electron chi connectivity index (χ3n) is 7.77. The highest BCUT2D eigenvalue weighted by Crippen LogP contribution is 2.31. The average Bonchev–Trinajstić information content (AvgIpc) is 3.17. The number of hydrogen-bond donors (Lipinski definition) is 4. The van der Waals surface area contributed by atoms with E-state index in [2.05, 4.69) is 0 Å². The van der Waals surface area contributed by atoms with E-state index in [1.807, 2.05) is 18.2 Å². The van der Waals surface area contributed by atoms with Crippen molar-refractivity contribution < 1.29 is 38.1 Å². The number of carbonyl (C=O) groups is 4. The van der Waals surface area contributed by atoms with E-state index < -0.39 is 29.4 Å². The molecule has 54 heavy (non-hydrogen) atoms. The van der Waals surface area contributed by atoms with Crippen LogP contribution in [0.2, 0.25) is 0 Å². The fourth-order valence-electron chi connectivity index (χ4n) is 4.91. The van der Waals surface area contributed by atoms with Crippen LogP contribution < -0.4 is 22.9 Å². The van der Waals surface area contributed by atoms with Crippen LogP contribution >= 0.6 is 0 Å². The van der Waals surface area contributed by atoms with E-state index in [0.717, 1.165) is 23.7 Å². The molecular formula is C42H40N4O8. The van der Waals surface area contributed by atoms with E-state index in [9.17, 15) is 19.2 Å². The normalized spacial score (nSPS) is 13.3. The molecule has 0 bridgehead atoms. The lowest BCUT2D eigenvalue weighted by atomic mass is 9.79. The van der Waals surface area contributed by atoms with Crippen LogP contribution in [0.3, 0.4) is 0 Å². The first-order chi connectivity index (χ1) is 26.1. The van der Waals surface area contributed by atoms with Gasteiger partial charge < -0.3 is 41.9 Å². The Labute approximate surface area is 312 Å². The lowest BCUT2D eigenvalue weighted by Crippen LogP contribution is -2.44. The van der Waals surface area contributed by atoms with Crippen molar-refractivity contribution in [2.24, 2.45) is 0 Å². The predicted octanol–water partition coefficient (Wildman–Crippen LogP) is 5.89. The van der Waals surface area contributed by atoms with Crippen LogP contribution in [0.4, 0.5) is 22.7 Å². The number of nitrogen functional groups attached to an aromatic ring is 4. The summed E-state index contributed by atoms with van der Waals surface area (Å²) in [7, 11) is 0. The molecule has 2 atom stereocenters. The zero-order valence-corrected chi connectivity index (χ0v) is 29.2. The molecule has 4 rings (SSSR count). The van der Waals surface area contributed by atoms with Gasteiger partial charge in [0.25, 0.3) is 6.47 Å². The van der Waals surface area contributed by atoms with Gasteiger partial charge >= 0.3 is 17.9 Å². The van der Waals surface area contributed by atoms with Crippen LogP contribution in [0.15, 0.2) is 152 Å². The number of rotatable bonds is 17. The van der Waals surface area contributed by atoms with Crippen molar-refractivity contribution in [1.82, 2.24) is 0 Å². The SMILES string of the molecule is Nc1ccc(C=CCOC(=O)C(C=CC=COC(=O)C(OC=O)c2ccc(N)cc2)(C(=O)OC=CC=CCc2ccc(N)cc2)c2ccc(N)cc2)cc1. The van der Waals surface area contributed by atoms with Gasteiger partial charge in [-0.1, -0.05) is 78.9 Å². The molecule has 0 amide bonds. The zero-order valence-electron chi connectivity index (χ0n) is 29.2. The molecule has 0 saturated heterocycles. The second-order valence-electron chi connectivity index (χ2n) is 11.6. The maximum absolute atomic E-state index is 14.0. The van der Waals surface area contributed by atoms with Crippen LogP contribution in [0.25, 0.3) is 6.08 Å². The van der Waals surface area contributed by atoms with Crippen molar-refractivity contribution >= 4 is 53.2 Å². The van der Waals surface area contributed by atoms with Crippen LogP contribution in [0.5, 0.6) is 0 Å². The molecule has 8 N–H and O–H groups in total. The molecule has 0 fully saturated rings. The number of nitrogens with two attached hydrogens (primary N) is 4. The quantitative estimate of drug-likeness (QED) is 0.0191. The third-order valence-corrected chi connectivity index (χ3v) is 7.77. The number of esters is 3. The van der Waals surface area contributed by atoms with Crippen molar-refractivity contribution in [2.75, 3.05) is 29.5 Å². The summed E-state index contributed by atoms with van der Waals surface area (Å²) in [6, 6.07) is 26.6. The zero-order chi connectivity index (χ0) is 38.8. The number of benzene rings is 4. The van der Waals surface area contributed by atoms with Gasteiger partial charge in [0.2, 0.25) is 11.5 Å². The summed E-state index contributed by atoms with van der Waals surface area (Å²) in [5.41, 5.74) is 25.5. The summed E-state index contributed by atoms with van der Waals surface area (Å²) < 4.78 is 21.3. The maximum Gasteiger partial charge on any atom is 0.357 e. The Kier molecular flexibility index (Phi) is 14.5. The molecule has 2 unspecified atom stereocenters.